The summed E-state index contributed by atoms with van der Waals surface area (Å²) in [5, 5.41) is 0. The molecule has 3 heterocycles. The molecule has 2 aromatic rings. The Balaban J connectivity index is 1.15. The number of carbonyl (C=O) groups excluding carboxylic acids is 1. The van der Waals surface area contributed by atoms with E-state index in [-0.39, 0.29) is 17.1 Å². The van der Waals surface area contributed by atoms with Crippen molar-refractivity contribution in [1.82, 2.24) is 4.90 Å². The van der Waals surface area contributed by atoms with Gasteiger partial charge in [-0.25, -0.2) is 4.79 Å². The molecule has 180 valence electrons. The second kappa shape index (κ2) is 8.30. The first-order valence-electron chi connectivity index (χ1n) is 12.9. The third-order valence-corrected chi connectivity index (χ3v) is 9.54. The van der Waals surface area contributed by atoms with Gasteiger partial charge in [0, 0.05) is 43.1 Å². The molecule has 1 amide bonds. The zero-order valence-electron chi connectivity index (χ0n) is 20.7. The Bertz CT molecular complexity index is 1100. The van der Waals surface area contributed by atoms with Crippen molar-refractivity contribution in [1.29, 1.82) is 0 Å². The van der Waals surface area contributed by atoms with Gasteiger partial charge >= 0.3 is 6.09 Å². The van der Waals surface area contributed by atoms with Crippen molar-refractivity contribution in [2.75, 3.05) is 30.3 Å². The molecule has 4 aliphatic rings. The highest BCUT2D eigenvalue weighted by Crippen LogP contribution is 2.51. The van der Waals surface area contributed by atoms with E-state index in [1.54, 1.807) is 16.0 Å². The Morgan fingerprint density at radius 2 is 1.79 bits per heavy atom. The number of likely N-dealkylation sites (tertiary alicyclic amines) is 1. The number of carbonyl (C=O) groups is 1. The van der Waals surface area contributed by atoms with Gasteiger partial charge in [0.05, 0.1) is 6.54 Å². The van der Waals surface area contributed by atoms with Crippen LogP contribution in [0, 0.1) is 6.92 Å². The van der Waals surface area contributed by atoms with E-state index in [0.717, 1.165) is 44.1 Å². The van der Waals surface area contributed by atoms with Crippen molar-refractivity contribution in [3.63, 3.8) is 0 Å². The van der Waals surface area contributed by atoms with Crippen LogP contribution in [0.3, 0.4) is 0 Å². The van der Waals surface area contributed by atoms with Crippen LogP contribution in [0.5, 0.6) is 0 Å². The molecule has 1 aliphatic carbocycles. The predicted octanol–water partition coefficient (Wildman–Crippen LogP) is 6.64. The van der Waals surface area contributed by atoms with Crippen LogP contribution in [0.2, 0.25) is 0 Å². The lowest BCUT2D eigenvalue weighted by Gasteiger charge is -2.38. The first kappa shape index (κ1) is 22.5. The molecule has 6 rings (SSSR count). The molecular weight excluding hydrogens is 440 g/mol. The highest BCUT2D eigenvalue weighted by molar-refractivity contribution is 7.99. The molecule has 4 nitrogen and oxygen atoms in total. The standard InChI is InChI=1S/C29H36N2O2S/c1-20-4-8-23(9-5-20)31-19-29(33-27(31)32)10-13-30(14-11-29)18-21-16-24(22-6-7-22)26-25(17-21)28(2,3)12-15-34-26/h4-5,8-9,16-17,22H,6-7,10-15,18-19H2,1-3H3. The van der Waals surface area contributed by atoms with Crippen molar-refractivity contribution >= 4 is 23.5 Å². The van der Waals surface area contributed by atoms with Crippen molar-refractivity contribution in [2.45, 2.75) is 81.2 Å². The van der Waals surface area contributed by atoms with Crippen LogP contribution in [0.25, 0.3) is 0 Å². The maximum atomic E-state index is 12.7. The molecule has 34 heavy (non-hydrogen) atoms. The Kier molecular flexibility index (Phi) is 5.49. The minimum atomic E-state index is -0.341. The summed E-state index contributed by atoms with van der Waals surface area (Å²) in [6.07, 6.45) is 5.58. The molecular formula is C29H36N2O2S. The van der Waals surface area contributed by atoms with Crippen LogP contribution in [0.4, 0.5) is 10.5 Å². The molecule has 5 heteroatoms. The van der Waals surface area contributed by atoms with E-state index in [4.69, 9.17) is 4.74 Å². The van der Waals surface area contributed by atoms with Gasteiger partial charge in [0.25, 0.3) is 0 Å². The first-order valence-corrected chi connectivity index (χ1v) is 13.9. The fourth-order valence-electron chi connectivity index (χ4n) is 5.89. The SMILES string of the molecule is Cc1ccc(N2CC3(CCN(Cc4cc(C5CC5)c5c(c4)C(C)(C)CCS5)CC3)OC2=O)cc1. The molecule has 0 atom stereocenters. The lowest BCUT2D eigenvalue weighted by molar-refractivity contribution is -0.000987. The smallest absolute Gasteiger partial charge is 0.415 e. The number of amides is 1. The molecule has 1 spiro atoms. The molecule has 3 fully saturated rings. The van der Waals surface area contributed by atoms with Crippen LogP contribution in [-0.2, 0) is 16.7 Å². The number of fused-ring (bicyclic) bond motifs is 1. The first-order chi connectivity index (χ1) is 16.3. The van der Waals surface area contributed by atoms with E-state index in [2.05, 4.69) is 61.7 Å². The van der Waals surface area contributed by atoms with Crippen LogP contribution < -0.4 is 4.90 Å². The number of benzene rings is 2. The number of piperidine rings is 1. The number of rotatable bonds is 4. The lowest BCUT2D eigenvalue weighted by Crippen LogP contribution is -2.46. The van der Waals surface area contributed by atoms with Gasteiger partial charge in [0.1, 0.15) is 5.60 Å². The number of nitrogens with zero attached hydrogens (tertiary/aromatic N) is 2. The molecule has 1 saturated carbocycles. The largest absolute Gasteiger partial charge is 0.441 e. The molecule has 2 aromatic carbocycles. The van der Waals surface area contributed by atoms with Crippen molar-refractivity contribution < 1.29 is 9.53 Å². The minimum Gasteiger partial charge on any atom is -0.441 e. The molecule has 0 unspecified atom stereocenters. The van der Waals surface area contributed by atoms with Crippen LogP contribution in [0.15, 0.2) is 41.3 Å². The van der Waals surface area contributed by atoms with Crippen LogP contribution in [0.1, 0.15) is 74.1 Å². The van der Waals surface area contributed by atoms with Gasteiger partial charge in [-0.05, 0) is 72.1 Å². The van der Waals surface area contributed by atoms with Gasteiger partial charge in [0.2, 0.25) is 0 Å². The quantitative estimate of drug-likeness (QED) is 0.495. The second-order valence-electron chi connectivity index (χ2n) is 11.6. The predicted molar refractivity (Wildman–Crippen MR) is 139 cm³/mol. The van der Waals surface area contributed by atoms with Crippen LogP contribution >= 0.6 is 11.8 Å². The Morgan fingerprint density at radius 3 is 2.50 bits per heavy atom. The minimum absolute atomic E-state index is 0.194. The molecule has 3 aliphatic heterocycles. The van der Waals surface area contributed by atoms with Crippen molar-refractivity contribution in [3.8, 4) is 0 Å². The summed E-state index contributed by atoms with van der Waals surface area (Å²) in [6.45, 7) is 10.5. The number of hydrogen-bond donors (Lipinski definition) is 0. The third-order valence-electron chi connectivity index (χ3n) is 8.39. The van der Waals surface area contributed by atoms with Crippen LogP contribution in [-0.4, -0.2) is 42.0 Å². The maximum absolute atomic E-state index is 12.7. The van der Waals surface area contributed by atoms with E-state index in [9.17, 15) is 4.79 Å². The Labute approximate surface area is 208 Å². The summed E-state index contributed by atoms with van der Waals surface area (Å²) < 4.78 is 6.00. The van der Waals surface area contributed by atoms with Gasteiger partial charge in [-0.2, -0.15) is 0 Å². The molecule has 0 aromatic heterocycles. The van der Waals surface area contributed by atoms with Gasteiger partial charge in [-0.1, -0.05) is 43.7 Å². The fourth-order valence-corrected chi connectivity index (χ4v) is 7.59. The number of thioether (sulfide) groups is 1. The number of hydrogen-bond acceptors (Lipinski definition) is 4. The highest BCUT2D eigenvalue weighted by atomic mass is 32.2. The summed E-state index contributed by atoms with van der Waals surface area (Å²) in [5.74, 6) is 2.02. The van der Waals surface area contributed by atoms with Gasteiger partial charge in [-0.15, -0.1) is 11.8 Å². The highest BCUT2D eigenvalue weighted by Gasteiger charge is 2.47. The fraction of sp³-hybridized carbons (Fsp3) is 0.552. The summed E-state index contributed by atoms with van der Waals surface area (Å²) in [7, 11) is 0. The van der Waals surface area contributed by atoms with Gasteiger partial charge in [-0.3, -0.25) is 9.80 Å². The topological polar surface area (TPSA) is 32.8 Å². The zero-order valence-corrected chi connectivity index (χ0v) is 21.5. The van der Waals surface area contributed by atoms with E-state index in [1.165, 1.54) is 36.1 Å². The Hall–Kier alpha value is -1.98. The molecule has 0 bridgehead atoms. The maximum Gasteiger partial charge on any atom is 0.415 e. The average Bonchev–Trinajstić information content (AvgIpc) is 3.60. The van der Waals surface area contributed by atoms with Gasteiger partial charge < -0.3 is 4.74 Å². The number of anilines is 1. The number of aryl methyl sites for hydroxylation is 1. The van der Waals surface area contributed by atoms with E-state index >= 15 is 0 Å². The second-order valence-corrected chi connectivity index (χ2v) is 12.7. The molecule has 0 N–H and O–H groups in total. The zero-order chi connectivity index (χ0) is 23.5. The third kappa shape index (κ3) is 4.15. The van der Waals surface area contributed by atoms with Crippen molar-refractivity contribution in [2.24, 2.45) is 0 Å². The van der Waals surface area contributed by atoms with E-state index < -0.39 is 0 Å². The average molecular weight is 477 g/mol. The number of ether oxygens (including phenoxy) is 1. The molecule has 2 saturated heterocycles. The lowest BCUT2D eigenvalue weighted by atomic mass is 9.79. The summed E-state index contributed by atoms with van der Waals surface area (Å²) in [6, 6.07) is 13.2. The summed E-state index contributed by atoms with van der Waals surface area (Å²) in [5.41, 5.74) is 6.74. The molecule has 0 radical (unpaired) electrons. The monoisotopic (exact) mass is 476 g/mol. The van der Waals surface area contributed by atoms with E-state index in [0.29, 0.717) is 6.54 Å². The van der Waals surface area contributed by atoms with Gasteiger partial charge in [0.15, 0.2) is 0 Å². The summed E-state index contributed by atoms with van der Waals surface area (Å²) >= 11 is 2.09. The summed E-state index contributed by atoms with van der Waals surface area (Å²) in [4.78, 5) is 18.7. The van der Waals surface area contributed by atoms with E-state index in [1.807, 2.05) is 17.0 Å². The Morgan fingerprint density at radius 1 is 1.06 bits per heavy atom. The normalized spacial score (nSPS) is 23.7. The van der Waals surface area contributed by atoms with Crippen molar-refractivity contribution in [3.05, 3.63) is 58.7 Å².